The molecule has 0 radical (unpaired) electrons. The molecular weight excluding hydrogens is 318 g/mol. The smallest absolute Gasteiger partial charge is 0.324 e. The summed E-state index contributed by atoms with van der Waals surface area (Å²) in [5, 5.41) is 3.55. The molecule has 1 N–H and O–H groups in total. The van der Waals surface area contributed by atoms with Gasteiger partial charge in [-0.25, -0.2) is 0 Å². The topological polar surface area (TPSA) is 38.3 Å². The Labute approximate surface area is 143 Å². The summed E-state index contributed by atoms with van der Waals surface area (Å²) >= 11 is 1.91. The van der Waals surface area contributed by atoms with Gasteiger partial charge >= 0.3 is 5.97 Å². The number of nitrogens with one attached hydrogen (secondary N) is 1. The number of rotatable bonds is 3. The van der Waals surface area contributed by atoms with Gasteiger partial charge in [0.05, 0.1) is 11.5 Å². The normalized spacial score (nSPS) is 30.8. The van der Waals surface area contributed by atoms with Gasteiger partial charge in [-0.05, 0) is 44.1 Å². The molecule has 0 aromatic heterocycles. The maximum atomic E-state index is 11.9. The van der Waals surface area contributed by atoms with Crippen molar-refractivity contribution in [2.24, 2.45) is 0 Å². The number of esters is 1. The minimum absolute atomic E-state index is 0. The third kappa shape index (κ3) is 3.79. The van der Waals surface area contributed by atoms with Gasteiger partial charge in [0.2, 0.25) is 0 Å². The van der Waals surface area contributed by atoms with Crippen LogP contribution < -0.4 is 5.32 Å². The molecule has 22 heavy (non-hydrogen) atoms. The molecule has 2 fully saturated rings. The summed E-state index contributed by atoms with van der Waals surface area (Å²) in [7, 11) is 0. The number of carbonyl (C=O) groups excluding carboxylic acids is 1. The summed E-state index contributed by atoms with van der Waals surface area (Å²) in [6.07, 6.45) is 4.65. The van der Waals surface area contributed by atoms with Crippen molar-refractivity contribution in [3.63, 3.8) is 0 Å². The predicted octanol–water partition coefficient (Wildman–Crippen LogP) is 3.73. The molecule has 1 atom stereocenters. The predicted molar refractivity (Wildman–Crippen MR) is 93.6 cm³/mol. The van der Waals surface area contributed by atoms with E-state index in [1.54, 1.807) is 0 Å². The molecule has 1 unspecified atom stereocenters. The molecule has 1 aromatic rings. The van der Waals surface area contributed by atoms with Crippen LogP contribution in [0.2, 0.25) is 0 Å². The first-order valence-electron chi connectivity index (χ1n) is 7.86. The van der Waals surface area contributed by atoms with Crippen LogP contribution in [0.15, 0.2) is 30.3 Å². The number of halogens is 1. The van der Waals surface area contributed by atoms with Crippen molar-refractivity contribution >= 4 is 30.1 Å². The molecule has 2 aliphatic rings. The molecule has 122 valence electrons. The molecular formula is C17H24ClNO2S. The first kappa shape index (κ1) is 17.6. The lowest BCUT2D eigenvalue weighted by molar-refractivity contribution is -0.145. The van der Waals surface area contributed by atoms with Gasteiger partial charge < -0.3 is 4.74 Å². The minimum Gasteiger partial charge on any atom is -0.465 e. The van der Waals surface area contributed by atoms with Crippen molar-refractivity contribution in [2.45, 2.75) is 49.4 Å². The lowest BCUT2D eigenvalue weighted by Crippen LogP contribution is -2.47. The fraction of sp³-hybridized carbons (Fsp3) is 0.588. The number of ether oxygens (including phenoxy) is 1. The van der Waals surface area contributed by atoms with Crippen LogP contribution in [0.5, 0.6) is 0 Å². The van der Waals surface area contributed by atoms with Crippen molar-refractivity contribution < 1.29 is 9.53 Å². The Morgan fingerprint density at radius 2 is 2.00 bits per heavy atom. The molecule has 0 bridgehead atoms. The zero-order valence-corrected chi connectivity index (χ0v) is 14.6. The van der Waals surface area contributed by atoms with E-state index in [2.05, 4.69) is 35.6 Å². The Balaban J connectivity index is 0.00000176. The van der Waals surface area contributed by atoms with E-state index in [1.165, 1.54) is 18.4 Å². The largest absolute Gasteiger partial charge is 0.465 e. The van der Waals surface area contributed by atoms with Gasteiger partial charge in [0.1, 0.15) is 6.04 Å². The number of carbonyl (C=O) groups is 1. The summed E-state index contributed by atoms with van der Waals surface area (Å²) in [6, 6.07) is 10.7. The second-order valence-corrected chi connectivity index (χ2v) is 7.34. The summed E-state index contributed by atoms with van der Waals surface area (Å²) in [6.45, 7) is 2.32. The Hall–Kier alpha value is -0.710. The van der Waals surface area contributed by atoms with Crippen LogP contribution in [0.3, 0.4) is 0 Å². The monoisotopic (exact) mass is 341 g/mol. The van der Waals surface area contributed by atoms with Gasteiger partial charge in [-0.15, -0.1) is 24.2 Å². The van der Waals surface area contributed by atoms with Crippen molar-refractivity contribution in [1.29, 1.82) is 0 Å². The molecule has 3 nitrogen and oxygen atoms in total. The standard InChI is InChI=1S/C17H23NO2S.ClH/c1-2-20-16(19)15-12-21-17(18-15)10-8-14(9-11-17)13-6-4-3-5-7-13;/h3-7,14-15,18H,2,8-12H2,1H3;1H. The highest BCUT2D eigenvalue weighted by atomic mass is 35.5. The average Bonchev–Trinajstić information content (AvgIpc) is 2.93. The van der Waals surface area contributed by atoms with Gasteiger partial charge in [0.25, 0.3) is 0 Å². The van der Waals surface area contributed by atoms with Gasteiger partial charge in [-0.2, -0.15) is 0 Å². The molecule has 1 saturated heterocycles. The Bertz CT molecular complexity index is 489. The van der Waals surface area contributed by atoms with Crippen molar-refractivity contribution in [3.8, 4) is 0 Å². The molecule has 1 heterocycles. The summed E-state index contributed by atoms with van der Waals surface area (Å²) < 4.78 is 5.14. The van der Waals surface area contributed by atoms with Crippen molar-refractivity contribution in [1.82, 2.24) is 5.32 Å². The summed E-state index contributed by atoms with van der Waals surface area (Å²) in [4.78, 5) is 12.0. The highest BCUT2D eigenvalue weighted by molar-refractivity contribution is 8.00. The van der Waals surface area contributed by atoms with Crippen LogP contribution in [-0.2, 0) is 9.53 Å². The van der Waals surface area contributed by atoms with Gasteiger partial charge in [0.15, 0.2) is 0 Å². The van der Waals surface area contributed by atoms with E-state index in [0.29, 0.717) is 12.5 Å². The van der Waals surface area contributed by atoms with E-state index >= 15 is 0 Å². The molecule has 1 aromatic carbocycles. The number of thioether (sulfide) groups is 1. The number of benzene rings is 1. The van der Waals surface area contributed by atoms with E-state index < -0.39 is 0 Å². The lowest BCUT2D eigenvalue weighted by atomic mass is 9.81. The van der Waals surface area contributed by atoms with Gasteiger partial charge in [0, 0.05) is 5.75 Å². The fourth-order valence-electron chi connectivity index (χ4n) is 3.44. The first-order chi connectivity index (χ1) is 10.2. The number of hydrogen-bond acceptors (Lipinski definition) is 4. The molecule has 1 saturated carbocycles. The van der Waals surface area contributed by atoms with Crippen LogP contribution in [0.4, 0.5) is 0 Å². The molecule has 1 aliphatic carbocycles. The zero-order chi connectivity index (χ0) is 14.7. The molecule has 5 heteroatoms. The van der Waals surface area contributed by atoms with E-state index in [-0.39, 0.29) is 29.3 Å². The quantitative estimate of drug-likeness (QED) is 0.850. The van der Waals surface area contributed by atoms with E-state index in [1.807, 2.05) is 18.7 Å². The second-order valence-electron chi connectivity index (χ2n) is 5.94. The van der Waals surface area contributed by atoms with Crippen LogP contribution in [-0.4, -0.2) is 29.2 Å². The van der Waals surface area contributed by atoms with E-state index in [4.69, 9.17) is 4.74 Å². The zero-order valence-electron chi connectivity index (χ0n) is 12.9. The molecule has 0 amide bonds. The summed E-state index contributed by atoms with van der Waals surface area (Å²) in [5.41, 5.74) is 1.46. The SMILES string of the molecule is CCOC(=O)C1CSC2(CCC(c3ccccc3)CC2)N1.Cl. The van der Waals surface area contributed by atoms with Crippen molar-refractivity contribution in [3.05, 3.63) is 35.9 Å². The third-order valence-electron chi connectivity index (χ3n) is 4.60. The maximum absolute atomic E-state index is 11.9. The van der Waals surface area contributed by atoms with Crippen molar-refractivity contribution in [2.75, 3.05) is 12.4 Å². The lowest BCUT2D eigenvalue weighted by Gasteiger charge is -2.37. The Kier molecular flexibility index (Phi) is 6.18. The Morgan fingerprint density at radius 3 is 2.64 bits per heavy atom. The van der Waals surface area contributed by atoms with E-state index in [9.17, 15) is 4.79 Å². The second kappa shape index (κ2) is 7.71. The van der Waals surface area contributed by atoms with Crippen LogP contribution in [0.1, 0.15) is 44.1 Å². The minimum atomic E-state index is -0.122. The highest BCUT2D eigenvalue weighted by Gasteiger charge is 2.44. The summed E-state index contributed by atoms with van der Waals surface area (Å²) in [5.74, 6) is 1.42. The average molecular weight is 342 g/mol. The first-order valence-corrected chi connectivity index (χ1v) is 8.84. The Morgan fingerprint density at radius 1 is 1.32 bits per heavy atom. The van der Waals surface area contributed by atoms with E-state index in [0.717, 1.165) is 18.6 Å². The van der Waals surface area contributed by atoms with Gasteiger partial charge in [-0.1, -0.05) is 30.3 Å². The maximum Gasteiger partial charge on any atom is 0.324 e. The molecule has 3 rings (SSSR count). The molecule has 1 aliphatic heterocycles. The van der Waals surface area contributed by atoms with Crippen LogP contribution in [0, 0.1) is 0 Å². The van der Waals surface area contributed by atoms with Crippen LogP contribution in [0.25, 0.3) is 0 Å². The van der Waals surface area contributed by atoms with Crippen LogP contribution >= 0.6 is 24.2 Å². The fourth-order valence-corrected chi connectivity index (χ4v) is 4.90. The molecule has 1 spiro atoms. The highest BCUT2D eigenvalue weighted by Crippen LogP contribution is 2.46. The number of hydrogen-bond donors (Lipinski definition) is 1. The van der Waals surface area contributed by atoms with Gasteiger partial charge in [-0.3, -0.25) is 10.1 Å². The third-order valence-corrected chi connectivity index (χ3v) is 6.18.